The Bertz CT molecular complexity index is 763. The van der Waals surface area contributed by atoms with E-state index in [0.29, 0.717) is 16.1 Å². The second kappa shape index (κ2) is 4.79. The molecule has 2 aromatic carbocycles. The Morgan fingerprint density at radius 3 is 2.65 bits per heavy atom. The Morgan fingerprint density at radius 1 is 1.20 bits per heavy atom. The first-order valence-electron chi connectivity index (χ1n) is 5.79. The van der Waals surface area contributed by atoms with Gasteiger partial charge in [0.15, 0.2) is 16.8 Å². The third-order valence-corrected chi connectivity index (χ3v) is 5.21. The monoisotopic (exact) mass is 353 g/mol. The van der Waals surface area contributed by atoms with Crippen molar-refractivity contribution < 1.29 is 13.4 Å². The van der Waals surface area contributed by atoms with E-state index in [1.165, 1.54) is 10.4 Å². The number of ketones is 1. The molecule has 1 heterocycles. The molecule has 1 unspecified atom stereocenters. The highest BCUT2D eigenvalue weighted by Crippen LogP contribution is 2.34. The molecule has 0 aliphatic carbocycles. The summed E-state index contributed by atoms with van der Waals surface area (Å²) in [5.41, 5.74) is 1.13. The molecular formula is C14H9BrFNO2S. The predicted octanol–water partition coefficient (Wildman–Crippen LogP) is 3.29. The fraction of sp³-hybridized carbons (Fsp3) is 0.0714. The van der Waals surface area contributed by atoms with Crippen LogP contribution in [-0.2, 0) is 11.0 Å². The predicted molar refractivity (Wildman–Crippen MR) is 78.8 cm³/mol. The summed E-state index contributed by atoms with van der Waals surface area (Å²) in [6, 6.07) is 9.42. The van der Waals surface area contributed by atoms with Crippen molar-refractivity contribution in [3.05, 3.63) is 57.8 Å². The van der Waals surface area contributed by atoms with E-state index in [1.807, 2.05) is 0 Å². The molecule has 0 aromatic heterocycles. The molecule has 0 N–H and O–H groups in total. The average Bonchev–Trinajstić information content (AvgIpc) is 2.53. The SMILES string of the molecule is CN1c2ccccc2C(=O)c2cc(F)c(Br)cc2S1=O. The minimum atomic E-state index is -1.56. The molecule has 1 aliphatic rings. The standard InChI is InChI=1S/C14H9BrFNO2S/c1-17-12-5-3-2-4-8(12)14(18)9-6-11(16)10(15)7-13(9)20(17)19/h2-7H,1H3. The molecule has 2 aromatic rings. The van der Waals surface area contributed by atoms with Crippen molar-refractivity contribution in [3.63, 3.8) is 0 Å². The summed E-state index contributed by atoms with van der Waals surface area (Å²) in [5, 5.41) is 0. The molecule has 0 fully saturated rings. The number of halogens is 2. The van der Waals surface area contributed by atoms with Crippen LogP contribution in [0.3, 0.4) is 0 Å². The maximum absolute atomic E-state index is 13.7. The summed E-state index contributed by atoms with van der Waals surface area (Å²) in [6.07, 6.45) is 0. The number of benzene rings is 2. The van der Waals surface area contributed by atoms with E-state index in [4.69, 9.17) is 0 Å². The van der Waals surface area contributed by atoms with Crippen molar-refractivity contribution in [3.8, 4) is 0 Å². The summed E-state index contributed by atoms with van der Waals surface area (Å²) in [6.45, 7) is 0. The van der Waals surface area contributed by atoms with E-state index >= 15 is 0 Å². The van der Waals surface area contributed by atoms with Crippen molar-refractivity contribution in [2.45, 2.75) is 4.90 Å². The van der Waals surface area contributed by atoms with Crippen molar-refractivity contribution in [1.29, 1.82) is 0 Å². The maximum Gasteiger partial charge on any atom is 0.196 e. The molecule has 0 saturated heterocycles. The Morgan fingerprint density at radius 2 is 1.90 bits per heavy atom. The molecule has 102 valence electrons. The highest BCUT2D eigenvalue weighted by molar-refractivity contribution is 9.10. The third-order valence-electron chi connectivity index (χ3n) is 3.19. The Kier molecular flexibility index (Phi) is 3.22. The van der Waals surface area contributed by atoms with Crippen LogP contribution in [0.4, 0.5) is 10.1 Å². The van der Waals surface area contributed by atoms with E-state index in [1.54, 1.807) is 31.3 Å². The molecule has 3 rings (SSSR count). The topological polar surface area (TPSA) is 37.4 Å². The van der Waals surface area contributed by atoms with Crippen LogP contribution >= 0.6 is 15.9 Å². The van der Waals surface area contributed by atoms with Crippen LogP contribution in [-0.4, -0.2) is 17.0 Å². The van der Waals surface area contributed by atoms with Gasteiger partial charge in [-0.3, -0.25) is 9.10 Å². The number of anilines is 1. The van der Waals surface area contributed by atoms with Crippen LogP contribution in [0, 0.1) is 5.82 Å². The van der Waals surface area contributed by atoms with E-state index in [-0.39, 0.29) is 15.8 Å². The van der Waals surface area contributed by atoms with Gasteiger partial charge in [-0.25, -0.2) is 8.60 Å². The van der Waals surface area contributed by atoms with Gasteiger partial charge in [-0.1, -0.05) is 12.1 Å². The normalized spacial score (nSPS) is 17.4. The number of hydrogen-bond acceptors (Lipinski definition) is 2. The number of carbonyl (C=O) groups is 1. The zero-order chi connectivity index (χ0) is 14.4. The van der Waals surface area contributed by atoms with Crippen LogP contribution in [0.15, 0.2) is 45.8 Å². The first-order valence-corrected chi connectivity index (χ1v) is 7.69. The van der Waals surface area contributed by atoms with Gasteiger partial charge in [0, 0.05) is 18.2 Å². The molecule has 0 radical (unpaired) electrons. The van der Waals surface area contributed by atoms with Crippen LogP contribution in [0.25, 0.3) is 0 Å². The quantitative estimate of drug-likeness (QED) is 0.728. The minimum absolute atomic E-state index is 0.140. The van der Waals surface area contributed by atoms with Crippen LogP contribution < -0.4 is 4.31 Å². The highest BCUT2D eigenvalue weighted by atomic mass is 79.9. The lowest BCUT2D eigenvalue weighted by Crippen LogP contribution is -2.20. The number of fused-ring (bicyclic) bond motifs is 2. The summed E-state index contributed by atoms with van der Waals surface area (Å²) < 4.78 is 28.0. The second-order valence-electron chi connectivity index (χ2n) is 4.36. The fourth-order valence-corrected chi connectivity index (χ4v) is 3.86. The number of para-hydroxylation sites is 1. The molecule has 20 heavy (non-hydrogen) atoms. The molecule has 0 saturated carbocycles. The van der Waals surface area contributed by atoms with Gasteiger partial charge in [0.2, 0.25) is 0 Å². The fourth-order valence-electron chi connectivity index (χ4n) is 2.17. The Labute approximate surface area is 126 Å². The number of nitrogens with zero attached hydrogens (tertiary/aromatic N) is 1. The second-order valence-corrected chi connectivity index (χ2v) is 6.70. The maximum atomic E-state index is 13.7. The lowest BCUT2D eigenvalue weighted by atomic mass is 10.0. The van der Waals surface area contributed by atoms with Gasteiger partial charge in [0.25, 0.3) is 0 Å². The summed E-state index contributed by atoms with van der Waals surface area (Å²) in [4.78, 5) is 12.8. The van der Waals surface area contributed by atoms with Crippen molar-refractivity contribution in [1.82, 2.24) is 0 Å². The molecule has 3 nitrogen and oxygen atoms in total. The summed E-state index contributed by atoms with van der Waals surface area (Å²) >= 11 is 3.06. The van der Waals surface area contributed by atoms with Gasteiger partial charge in [0.05, 0.1) is 15.1 Å². The smallest absolute Gasteiger partial charge is 0.196 e. The first-order chi connectivity index (χ1) is 9.50. The Balaban J connectivity index is 2.36. The van der Waals surface area contributed by atoms with Crippen molar-refractivity contribution in [2.75, 3.05) is 11.4 Å². The van der Waals surface area contributed by atoms with E-state index in [0.717, 1.165) is 6.07 Å². The number of rotatable bonds is 0. The van der Waals surface area contributed by atoms with Gasteiger partial charge in [-0.2, -0.15) is 0 Å². The van der Waals surface area contributed by atoms with Crippen molar-refractivity contribution >= 4 is 38.4 Å². The molecule has 0 bridgehead atoms. The van der Waals surface area contributed by atoms with Gasteiger partial charge >= 0.3 is 0 Å². The zero-order valence-electron chi connectivity index (χ0n) is 10.4. The molecule has 1 atom stereocenters. The van der Waals surface area contributed by atoms with Gasteiger partial charge in [-0.05, 0) is 40.2 Å². The van der Waals surface area contributed by atoms with Crippen LogP contribution in [0.2, 0.25) is 0 Å². The van der Waals surface area contributed by atoms with E-state index in [9.17, 15) is 13.4 Å². The van der Waals surface area contributed by atoms with Crippen LogP contribution in [0.5, 0.6) is 0 Å². The molecule has 6 heteroatoms. The summed E-state index contributed by atoms with van der Waals surface area (Å²) in [5.74, 6) is -0.865. The Hall–Kier alpha value is -1.53. The lowest BCUT2D eigenvalue weighted by molar-refractivity contribution is 0.103. The van der Waals surface area contributed by atoms with Crippen molar-refractivity contribution in [2.24, 2.45) is 0 Å². The van der Waals surface area contributed by atoms with E-state index in [2.05, 4.69) is 15.9 Å². The van der Waals surface area contributed by atoms with Gasteiger partial charge < -0.3 is 0 Å². The number of hydrogen-bond donors (Lipinski definition) is 0. The molecule has 1 aliphatic heterocycles. The molecule has 0 spiro atoms. The largest absolute Gasteiger partial charge is 0.290 e. The third kappa shape index (κ3) is 1.91. The van der Waals surface area contributed by atoms with Gasteiger partial charge in [0.1, 0.15) is 5.82 Å². The highest BCUT2D eigenvalue weighted by Gasteiger charge is 2.29. The minimum Gasteiger partial charge on any atom is -0.290 e. The van der Waals surface area contributed by atoms with Gasteiger partial charge in [-0.15, -0.1) is 0 Å². The molecular weight excluding hydrogens is 345 g/mol. The first kappa shape index (κ1) is 13.5. The average molecular weight is 354 g/mol. The van der Waals surface area contributed by atoms with Crippen LogP contribution in [0.1, 0.15) is 15.9 Å². The van der Waals surface area contributed by atoms with E-state index < -0.39 is 16.8 Å². The summed E-state index contributed by atoms with van der Waals surface area (Å²) in [7, 11) is 0.0854. The lowest BCUT2D eigenvalue weighted by Gasteiger charge is -2.17. The number of carbonyl (C=O) groups excluding carboxylic acids is 1. The zero-order valence-corrected chi connectivity index (χ0v) is 12.8. The molecule has 0 amide bonds.